The van der Waals surface area contributed by atoms with E-state index in [4.69, 9.17) is 0 Å². The molecule has 2 N–H and O–H groups in total. The molecule has 0 bridgehead atoms. The predicted octanol–water partition coefficient (Wildman–Crippen LogP) is 1.70. The Bertz CT molecular complexity index is 250. The van der Waals surface area contributed by atoms with E-state index in [0.717, 1.165) is 13.1 Å². The van der Waals surface area contributed by atoms with E-state index in [2.05, 4.69) is 17.1 Å². The fourth-order valence-corrected chi connectivity index (χ4v) is 2.55. The third-order valence-electron chi connectivity index (χ3n) is 3.99. The molecular formula is C13H26N2O2. The molecule has 1 rings (SSSR count). The van der Waals surface area contributed by atoms with E-state index in [0.29, 0.717) is 12.5 Å². The summed E-state index contributed by atoms with van der Waals surface area (Å²) in [5, 5.41) is 12.2. The van der Waals surface area contributed by atoms with Gasteiger partial charge in [-0.25, -0.2) is 0 Å². The van der Waals surface area contributed by atoms with Gasteiger partial charge in [0.1, 0.15) is 5.54 Å². The predicted molar refractivity (Wildman–Crippen MR) is 69.2 cm³/mol. The van der Waals surface area contributed by atoms with Gasteiger partial charge in [0.25, 0.3) is 0 Å². The Labute approximate surface area is 104 Å². The fourth-order valence-electron chi connectivity index (χ4n) is 2.55. The van der Waals surface area contributed by atoms with Crippen LogP contribution < -0.4 is 5.32 Å². The third-order valence-corrected chi connectivity index (χ3v) is 3.99. The first-order valence-electron chi connectivity index (χ1n) is 6.66. The normalized spacial score (nSPS) is 23.7. The smallest absolute Gasteiger partial charge is 0.323 e. The van der Waals surface area contributed by atoms with Crippen LogP contribution in [-0.4, -0.2) is 47.7 Å². The zero-order valence-corrected chi connectivity index (χ0v) is 11.3. The number of aliphatic carboxylic acids is 1. The largest absolute Gasteiger partial charge is 0.480 e. The van der Waals surface area contributed by atoms with Crippen LogP contribution in [-0.2, 0) is 4.79 Å². The molecule has 1 aliphatic rings. The molecule has 0 aliphatic carbocycles. The summed E-state index contributed by atoms with van der Waals surface area (Å²) < 4.78 is 0. The summed E-state index contributed by atoms with van der Waals surface area (Å²) in [5.74, 6) is -0.762. The van der Waals surface area contributed by atoms with Crippen molar-refractivity contribution in [1.29, 1.82) is 0 Å². The lowest BCUT2D eigenvalue weighted by Crippen LogP contribution is -2.52. The highest BCUT2D eigenvalue weighted by molar-refractivity contribution is 5.78. The number of carboxylic acids is 1. The molecule has 2 unspecified atom stereocenters. The highest BCUT2D eigenvalue weighted by Crippen LogP contribution is 2.19. The molecule has 1 heterocycles. The lowest BCUT2D eigenvalue weighted by atomic mass is 9.93. The van der Waals surface area contributed by atoms with Gasteiger partial charge in [-0.15, -0.1) is 0 Å². The molecule has 1 fully saturated rings. The molecule has 100 valence electrons. The first kappa shape index (κ1) is 14.5. The maximum atomic E-state index is 11.3. The van der Waals surface area contributed by atoms with Crippen molar-refractivity contribution in [1.82, 2.24) is 10.2 Å². The van der Waals surface area contributed by atoms with Crippen LogP contribution in [0.1, 0.15) is 46.0 Å². The van der Waals surface area contributed by atoms with Gasteiger partial charge in [-0.1, -0.05) is 12.8 Å². The second-order valence-electron chi connectivity index (χ2n) is 5.39. The van der Waals surface area contributed by atoms with Gasteiger partial charge >= 0.3 is 5.97 Å². The van der Waals surface area contributed by atoms with E-state index in [9.17, 15) is 9.90 Å². The van der Waals surface area contributed by atoms with Crippen molar-refractivity contribution in [2.75, 3.05) is 20.1 Å². The van der Waals surface area contributed by atoms with Gasteiger partial charge in [-0.2, -0.15) is 0 Å². The standard InChI is InChI=1S/C13H26N2O2/c1-11(10-13(2,14-3)12(16)17)15-8-6-4-5-7-9-15/h11,14H,4-10H2,1-3H3,(H,16,17). The molecule has 0 radical (unpaired) electrons. The van der Waals surface area contributed by atoms with Gasteiger partial charge in [0.05, 0.1) is 0 Å². The van der Waals surface area contributed by atoms with E-state index in [-0.39, 0.29) is 0 Å². The minimum absolute atomic E-state index is 0.321. The highest BCUT2D eigenvalue weighted by Gasteiger charge is 2.34. The minimum Gasteiger partial charge on any atom is -0.480 e. The van der Waals surface area contributed by atoms with Crippen LogP contribution in [0.15, 0.2) is 0 Å². The Balaban J connectivity index is 2.56. The molecule has 1 aliphatic heterocycles. The molecule has 0 saturated carbocycles. The Morgan fingerprint density at radius 3 is 2.29 bits per heavy atom. The average molecular weight is 242 g/mol. The van der Waals surface area contributed by atoms with Gasteiger partial charge in [0.2, 0.25) is 0 Å². The summed E-state index contributed by atoms with van der Waals surface area (Å²) in [7, 11) is 1.73. The summed E-state index contributed by atoms with van der Waals surface area (Å²) >= 11 is 0. The number of carbonyl (C=O) groups is 1. The molecule has 4 heteroatoms. The number of nitrogens with one attached hydrogen (secondary N) is 1. The zero-order valence-electron chi connectivity index (χ0n) is 11.3. The van der Waals surface area contributed by atoms with Gasteiger partial charge in [0, 0.05) is 6.04 Å². The Kier molecular flexibility index (Phi) is 5.40. The minimum atomic E-state index is -0.814. The fraction of sp³-hybridized carbons (Fsp3) is 0.923. The van der Waals surface area contributed by atoms with Crippen LogP contribution in [0.5, 0.6) is 0 Å². The maximum Gasteiger partial charge on any atom is 0.323 e. The van der Waals surface area contributed by atoms with Gasteiger partial charge in [0.15, 0.2) is 0 Å². The van der Waals surface area contributed by atoms with Crippen molar-refractivity contribution < 1.29 is 9.90 Å². The summed E-state index contributed by atoms with van der Waals surface area (Å²) in [6.45, 7) is 6.13. The second kappa shape index (κ2) is 6.36. The van der Waals surface area contributed by atoms with Crippen molar-refractivity contribution in [3.05, 3.63) is 0 Å². The molecule has 0 aromatic heterocycles. The topological polar surface area (TPSA) is 52.6 Å². The molecular weight excluding hydrogens is 216 g/mol. The van der Waals surface area contributed by atoms with Crippen molar-refractivity contribution in [2.45, 2.75) is 57.5 Å². The number of carboxylic acid groups (broad SMARTS) is 1. The van der Waals surface area contributed by atoms with E-state index in [1.165, 1.54) is 25.7 Å². The maximum absolute atomic E-state index is 11.3. The lowest BCUT2D eigenvalue weighted by Gasteiger charge is -2.34. The van der Waals surface area contributed by atoms with E-state index in [1.54, 1.807) is 14.0 Å². The second-order valence-corrected chi connectivity index (χ2v) is 5.39. The van der Waals surface area contributed by atoms with Gasteiger partial charge < -0.3 is 15.3 Å². The van der Waals surface area contributed by atoms with Crippen molar-refractivity contribution in [3.63, 3.8) is 0 Å². The van der Waals surface area contributed by atoms with Crippen LogP contribution in [0.3, 0.4) is 0 Å². The Morgan fingerprint density at radius 2 is 1.88 bits per heavy atom. The molecule has 4 nitrogen and oxygen atoms in total. The number of nitrogens with zero attached hydrogens (tertiary/aromatic N) is 1. The van der Waals surface area contributed by atoms with E-state index < -0.39 is 11.5 Å². The summed E-state index contributed by atoms with van der Waals surface area (Å²) in [4.78, 5) is 13.7. The molecule has 0 aromatic carbocycles. The molecule has 0 aromatic rings. The molecule has 1 saturated heterocycles. The first-order chi connectivity index (χ1) is 7.99. The number of likely N-dealkylation sites (N-methyl/N-ethyl adjacent to an activating group) is 1. The van der Waals surface area contributed by atoms with Crippen LogP contribution in [0.4, 0.5) is 0 Å². The summed E-state index contributed by atoms with van der Waals surface area (Å²) in [6.07, 6.45) is 5.76. The monoisotopic (exact) mass is 242 g/mol. The lowest BCUT2D eigenvalue weighted by molar-refractivity contribution is -0.144. The zero-order chi connectivity index (χ0) is 12.9. The SMILES string of the molecule is CNC(C)(CC(C)N1CCCCCC1)C(=O)O. The van der Waals surface area contributed by atoms with Crippen LogP contribution in [0.25, 0.3) is 0 Å². The summed E-state index contributed by atoms with van der Waals surface area (Å²) in [6, 6.07) is 0.321. The Morgan fingerprint density at radius 1 is 1.35 bits per heavy atom. The van der Waals surface area contributed by atoms with Crippen LogP contribution >= 0.6 is 0 Å². The molecule has 0 spiro atoms. The van der Waals surface area contributed by atoms with Crippen molar-refractivity contribution in [3.8, 4) is 0 Å². The van der Waals surface area contributed by atoms with Crippen LogP contribution in [0, 0.1) is 0 Å². The average Bonchev–Trinajstić information content (AvgIpc) is 2.57. The number of hydrogen-bond acceptors (Lipinski definition) is 3. The molecule has 0 amide bonds. The molecule has 2 atom stereocenters. The highest BCUT2D eigenvalue weighted by atomic mass is 16.4. The van der Waals surface area contributed by atoms with Gasteiger partial charge in [-0.3, -0.25) is 4.79 Å². The van der Waals surface area contributed by atoms with Gasteiger partial charge in [-0.05, 0) is 53.2 Å². The van der Waals surface area contributed by atoms with E-state index >= 15 is 0 Å². The van der Waals surface area contributed by atoms with Crippen molar-refractivity contribution >= 4 is 5.97 Å². The number of likely N-dealkylation sites (tertiary alicyclic amines) is 1. The summed E-state index contributed by atoms with van der Waals surface area (Å²) in [5.41, 5.74) is -0.814. The van der Waals surface area contributed by atoms with E-state index in [1.807, 2.05) is 0 Å². The number of rotatable bonds is 5. The molecule has 17 heavy (non-hydrogen) atoms. The quantitative estimate of drug-likeness (QED) is 0.770. The third kappa shape index (κ3) is 3.96. The number of hydrogen-bond donors (Lipinski definition) is 2. The van der Waals surface area contributed by atoms with Crippen LogP contribution in [0.2, 0.25) is 0 Å². The Hall–Kier alpha value is -0.610. The van der Waals surface area contributed by atoms with Crippen molar-refractivity contribution in [2.24, 2.45) is 0 Å². The first-order valence-corrected chi connectivity index (χ1v) is 6.66.